The van der Waals surface area contributed by atoms with E-state index in [4.69, 9.17) is 27.6 Å². The van der Waals surface area contributed by atoms with Crippen LogP contribution in [0.15, 0.2) is 57.8 Å². The summed E-state index contributed by atoms with van der Waals surface area (Å²) >= 11 is 13.5. The number of carbonyl (C=O) groups excluding carboxylic acids is 1. The third-order valence-corrected chi connectivity index (χ3v) is 7.15. The van der Waals surface area contributed by atoms with Crippen LogP contribution in [0.4, 0.5) is 0 Å². The van der Waals surface area contributed by atoms with Crippen molar-refractivity contribution in [1.82, 2.24) is 10.0 Å². The molecule has 0 aliphatic rings. The number of fused-ring (bicyclic) bond motifs is 1. The first-order chi connectivity index (χ1) is 14.3. The molecule has 0 aliphatic carbocycles. The molecule has 30 heavy (non-hydrogen) atoms. The van der Waals surface area contributed by atoms with Crippen molar-refractivity contribution >= 4 is 61.9 Å². The lowest BCUT2D eigenvalue weighted by Crippen LogP contribution is -2.46. The quantitative estimate of drug-likeness (QED) is 0.466. The van der Waals surface area contributed by atoms with Gasteiger partial charge in [-0.1, -0.05) is 41.4 Å². The Kier molecular flexibility index (Phi) is 7.70. The van der Waals surface area contributed by atoms with Crippen LogP contribution in [0.2, 0.25) is 10.0 Å². The monoisotopic (exact) mass is 486 g/mol. The molecule has 1 heterocycles. The Labute approximate surface area is 189 Å². The van der Waals surface area contributed by atoms with Gasteiger partial charge in [0, 0.05) is 10.4 Å². The highest BCUT2D eigenvalue weighted by Gasteiger charge is 2.27. The van der Waals surface area contributed by atoms with Crippen LogP contribution in [0.3, 0.4) is 0 Å². The van der Waals surface area contributed by atoms with Crippen LogP contribution in [0.25, 0.3) is 11.0 Å². The Bertz CT molecular complexity index is 1120. The van der Waals surface area contributed by atoms with Gasteiger partial charge in [-0.25, -0.2) is 8.42 Å². The van der Waals surface area contributed by atoms with E-state index >= 15 is 0 Å². The SMILES string of the molecule is CSCCC(NS(=O)(=O)c1cc(Cl)ccc1Cl)C(=O)NCc1cc2ccccc2o1. The summed E-state index contributed by atoms with van der Waals surface area (Å²) in [4.78, 5) is 12.6. The number of nitrogens with one attached hydrogen (secondary N) is 2. The Morgan fingerprint density at radius 1 is 1.17 bits per heavy atom. The Morgan fingerprint density at radius 3 is 2.67 bits per heavy atom. The molecule has 0 radical (unpaired) electrons. The standard InChI is InChI=1S/C20H20Cl2N2O4S2/c1-29-9-8-17(24-30(26,27)19-11-14(21)6-7-16(19)22)20(25)23-12-15-10-13-4-2-3-5-18(13)28-15/h2-7,10-11,17,24H,8-9,12H2,1H3,(H,23,25). The highest BCUT2D eigenvalue weighted by atomic mass is 35.5. The third kappa shape index (κ3) is 5.70. The lowest BCUT2D eigenvalue weighted by Gasteiger charge is -2.18. The first-order valence-electron chi connectivity index (χ1n) is 9.01. The van der Waals surface area contributed by atoms with Gasteiger partial charge in [-0.2, -0.15) is 16.5 Å². The molecule has 0 fully saturated rings. The first-order valence-corrected chi connectivity index (χ1v) is 12.6. The van der Waals surface area contributed by atoms with Crippen molar-refractivity contribution in [3.8, 4) is 0 Å². The van der Waals surface area contributed by atoms with E-state index in [1.54, 1.807) is 0 Å². The number of thioether (sulfide) groups is 1. The van der Waals surface area contributed by atoms with Gasteiger partial charge in [0.25, 0.3) is 0 Å². The zero-order valence-corrected chi connectivity index (χ0v) is 19.2. The summed E-state index contributed by atoms with van der Waals surface area (Å²) in [5, 5.41) is 3.93. The van der Waals surface area contributed by atoms with Gasteiger partial charge in [0.15, 0.2) is 0 Å². The molecule has 1 aromatic heterocycles. The molecule has 160 valence electrons. The number of sulfonamides is 1. The van der Waals surface area contributed by atoms with Crippen molar-refractivity contribution in [1.29, 1.82) is 0 Å². The van der Waals surface area contributed by atoms with E-state index in [9.17, 15) is 13.2 Å². The fourth-order valence-corrected chi connectivity index (χ4v) is 5.30. The van der Waals surface area contributed by atoms with Gasteiger partial charge in [-0.05, 0) is 48.8 Å². The summed E-state index contributed by atoms with van der Waals surface area (Å²) in [6.07, 6.45) is 2.19. The average Bonchev–Trinajstić information content (AvgIpc) is 3.14. The smallest absolute Gasteiger partial charge is 0.242 e. The summed E-state index contributed by atoms with van der Waals surface area (Å²) in [5.74, 6) is 0.717. The molecular formula is C20H20Cl2N2O4S2. The van der Waals surface area contributed by atoms with Gasteiger partial charge < -0.3 is 9.73 Å². The minimum Gasteiger partial charge on any atom is -0.459 e. The highest BCUT2D eigenvalue weighted by Crippen LogP contribution is 2.25. The normalized spacial score (nSPS) is 12.8. The molecule has 2 aromatic carbocycles. The van der Waals surface area contributed by atoms with Crippen LogP contribution in [0.1, 0.15) is 12.2 Å². The van der Waals surface area contributed by atoms with Gasteiger partial charge in [-0.15, -0.1) is 0 Å². The number of amides is 1. The van der Waals surface area contributed by atoms with E-state index in [1.165, 1.54) is 30.0 Å². The molecule has 0 saturated heterocycles. The minimum atomic E-state index is -4.05. The molecule has 1 unspecified atom stereocenters. The lowest BCUT2D eigenvalue weighted by atomic mass is 10.2. The predicted octanol–water partition coefficient (Wildman–Crippen LogP) is 4.46. The highest BCUT2D eigenvalue weighted by molar-refractivity contribution is 7.98. The van der Waals surface area contributed by atoms with E-state index in [-0.39, 0.29) is 21.5 Å². The predicted molar refractivity (Wildman–Crippen MR) is 122 cm³/mol. The van der Waals surface area contributed by atoms with E-state index < -0.39 is 22.0 Å². The maximum atomic E-state index is 12.8. The molecule has 0 aliphatic heterocycles. The van der Waals surface area contributed by atoms with Crippen molar-refractivity contribution in [2.45, 2.75) is 23.9 Å². The molecule has 1 amide bonds. The van der Waals surface area contributed by atoms with Crippen molar-refractivity contribution in [3.63, 3.8) is 0 Å². The summed E-state index contributed by atoms with van der Waals surface area (Å²) in [6, 6.07) is 12.5. The molecule has 6 nitrogen and oxygen atoms in total. The van der Waals surface area contributed by atoms with E-state index in [0.29, 0.717) is 17.9 Å². The third-order valence-electron chi connectivity index (χ3n) is 4.32. The van der Waals surface area contributed by atoms with E-state index in [0.717, 1.165) is 11.0 Å². The van der Waals surface area contributed by atoms with Crippen molar-refractivity contribution < 1.29 is 17.6 Å². The van der Waals surface area contributed by atoms with Crippen molar-refractivity contribution in [3.05, 3.63) is 64.3 Å². The van der Waals surface area contributed by atoms with Gasteiger partial charge in [-0.3, -0.25) is 4.79 Å². The fraction of sp³-hybridized carbons (Fsp3) is 0.250. The molecule has 10 heteroatoms. The van der Waals surface area contributed by atoms with Crippen molar-refractivity contribution in [2.75, 3.05) is 12.0 Å². The number of rotatable bonds is 9. The van der Waals surface area contributed by atoms with Gasteiger partial charge in [0.05, 0.1) is 11.6 Å². The topological polar surface area (TPSA) is 88.4 Å². The van der Waals surface area contributed by atoms with Crippen LogP contribution >= 0.6 is 35.0 Å². The Morgan fingerprint density at radius 2 is 1.93 bits per heavy atom. The number of benzene rings is 2. The summed E-state index contributed by atoms with van der Waals surface area (Å²) < 4.78 is 33.8. The fourth-order valence-electron chi connectivity index (χ4n) is 2.83. The summed E-state index contributed by atoms with van der Waals surface area (Å²) in [6.45, 7) is 0.142. The second-order valence-corrected chi connectivity index (χ2v) is 10.0. The average molecular weight is 487 g/mol. The zero-order valence-electron chi connectivity index (χ0n) is 16.0. The zero-order chi connectivity index (χ0) is 21.7. The summed E-state index contributed by atoms with van der Waals surface area (Å²) in [5.41, 5.74) is 0.719. The molecule has 3 rings (SSSR count). The van der Waals surface area contributed by atoms with Crippen LogP contribution in [0.5, 0.6) is 0 Å². The number of furan rings is 1. The molecule has 0 saturated carbocycles. The summed E-state index contributed by atoms with van der Waals surface area (Å²) in [7, 11) is -4.05. The second-order valence-electron chi connectivity index (χ2n) is 6.50. The molecule has 1 atom stereocenters. The van der Waals surface area contributed by atoms with Crippen LogP contribution in [-0.4, -0.2) is 32.4 Å². The number of halogens is 2. The molecule has 2 N–H and O–H groups in total. The van der Waals surface area contributed by atoms with Gasteiger partial charge >= 0.3 is 0 Å². The Balaban J connectivity index is 1.73. The number of carbonyl (C=O) groups is 1. The number of hydrogen-bond acceptors (Lipinski definition) is 5. The largest absolute Gasteiger partial charge is 0.459 e. The van der Waals surface area contributed by atoms with Crippen LogP contribution in [-0.2, 0) is 21.4 Å². The molecule has 0 bridgehead atoms. The molecular weight excluding hydrogens is 467 g/mol. The van der Waals surface area contributed by atoms with Crippen LogP contribution < -0.4 is 10.0 Å². The van der Waals surface area contributed by atoms with Crippen molar-refractivity contribution in [2.24, 2.45) is 0 Å². The maximum Gasteiger partial charge on any atom is 0.242 e. The second kappa shape index (κ2) is 10.1. The Hall–Kier alpha value is -1.71. The van der Waals surface area contributed by atoms with Gasteiger partial charge in [0.2, 0.25) is 15.9 Å². The maximum absolute atomic E-state index is 12.8. The number of para-hydroxylation sites is 1. The van der Waals surface area contributed by atoms with E-state index in [2.05, 4.69) is 10.0 Å². The van der Waals surface area contributed by atoms with Crippen LogP contribution in [0, 0.1) is 0 Å². The molecule has 0 spiro atoms. The first kappa shape index (κ1) is 23.0. The molecule has 3 aromatic rings. The lowest BCUT2D eigenvalue weighted by molar-refractivity contribution is -0.123. The minimum absolute atomic E-state index is 0.0261. The van der Waals surface area contributed by atoms with Gasteiger partial charge in [0.1, 0.15) is 22.3 Å². The van der Waals surface area contributed by atoms with E-state index in [1.807, 2.05) is 36.6 Å². The number of hydrogen-bond donors (Lipinski definition) is 2.